The van der Waals surface area contributed by atoms with Crippen molar-refractivity contribution in [2.24, 2.45) is 10.2 Å². The minimum absolute atomic E-state index is 0.214. The zero-order valence-electron chi connectivity index (χ0n) is 7.98. The van der Waals surface area contributed by atoms with Crippen molar-refractivity contribution in [3.63, 3.8) is 0 Å². The van der Waals surface area contributed by atoms with Gasteiger partial charge in [0, 0.05) is 12.0 Å². The van der Waals surface area contributed by atoms with Crippen LogP contribution >= 0.6 is 0 Å². The average molecular weight is 209 g/mol. The van der Waals surface area contributed by atoms with Gasteiger partial charge in [0.05, 0.1) is 11.0 Å². The minimum atomic E-state index is -0.611. The first-order valence-corrected chi connectivity index (χ1v) is 4.37. The highest BCUT2D eigenvalue weighted by molar-refractivity contribution is 5.41. The van der Waals surface area contributed by atoms with Crippen LogP contribution in [-0.2, 0) is 6.42 Å². The van der Waals surface area contributed by atoms with Gasteiger partial charge in [0.2, 0.25) is 0 Å². The largest absolute Gasteiger partial charge is 0.275 e. The van der Waals surface area contributed by atoms with Crippen LogP contribution in [0.4, 0.5) is 10.1 Å². The van der Waals surface area contributed by atoms with Crippen molar-refractivity contribution in [1.29, 1.82) is 0 Å². The molecule has 2 rings (SSSR count). The van der Waals surface area contributed by atoms with Crippen LogP contribution in [0.5, 0.6) is 0 Å². The van der Waals surface area contributed by atoms with Crippen molar-refractivity contribution < 1.29 is 9.31 Å². The van der Waals surface area contributed by atoms with Gasteiger partial charge in [-0.05, 0) is 19.1 Å². The molecule has 1 heterocycles. The number of hydrogen-bond acceptors (Lipinski definition) is 4. The molecule has 15 heavy (non-hydrogen) atoms. The van der Waals surface area contributed by atoms with Gasteiger partial charge in [-0.25, -0.2) is 4.39 Å². The highest BCUT2D eigenvalue weighted by atomic mass is 19.1. The second kappa shape index (κ2) is 3.08. The van der Waals surface area contributed by atoms with Gasteiger partial charge < -0.3 is 0 Å². The maximum absolute atomic E-state index is 12.8. The molecule has 0 N–H and O–H groups in total. The molecule has 0 radical (unpaired) electrons. The molecule has 0 fully saturated rings. The average Bonchev–Trinajstić information content (AvgIpc) is 2.87. The van der Waals surface area contributed by atoms with Crippen LogP contribution < -0.4 is 0 Å². The van der Waals surface area contributed by atoms with Crippen LogP contribution in [0.25, 0.3) is 0 Å². The van der Waals surface area contributed by atoms with Crippen molar-refractivity contribution in [2.75, 3.05) is 0 Å². The minimum Gasteiger partial charge on any atom is -0.258 e. The van der Waals surface area contributed by atoms with E-state index >= 15 is 0 Å². The van der Waals surface area contributed by atoms with E-state index in [1.54, 1.807) is 6.92 Å². The van der Waals surface area contributed by atoms with Crippen molar-refractivity contribution in [1.82, 2.24) is 0 Å². The number of hydrogen-bond donors (Lipinski definition) is 0. The van der Waals surface area contributed by atoms with Crippen molar-refractivity contribution >= 4 is 5.69 Å². The van der Waals surface area contributed by atoms with Crippen LogP contribution in [0.3, 0.4) is 0 Å². The summed E-state index contributed by atoms with van der Waals surface area (Å²) in [6.07, 6.45) is 0.337. The predicted octanol–water partition coefficient (Wildman–Crippen LogP) is 2.46. The van der Waals surface area contributed by atoms with E-state index in [4.69, 9.17) is 0 Å². The Morgan fingerprint density at radius 1 is 1.53 bits per heavy atom. The zero-order chi connectivity index (χ0) is 11.1. The summed E-state index contributed by atoms with van der Waals surface area (Å²) in [6, 6.07) is 3.53. The Balaban J connectivity index is 2.33. The summed E-state index contributed by atoms with van der Waals surface area (Å²) in [5.41, 5.74) is -0.315. The first-order chi connectivity index (χ1) is 7.00. The predicted molar refractivity (Wildman–Crippen MR) is 50.0 cm³/mol. The fraction of sp³-hybridized carbons (Fsp3) is 0.333. The molecular weight excluding hydrogens is 201 g/mol. The molecule has 6 heteroatoms. The molecule has 1 aromatic carbocycles. The molecule has 1 aliphatic heterocycles. The fourth-order valence-corrected chi connectivity index (χ4v) is 1.37. The molecule has 0 unspecified atom stereocenters. The summed E-state index contributed by atoms with van der Waals surface area (Å²) in [4.78, 5) is 10.1. The Bertz CT molecular complexity index is 453. The topological polar surface area (TPSA) is 67.9 Å². The standard InChI is InChI=1S/C9H8FN3O2/c1-9(11-12-9)5-6-2-3-7(10)4-8(6)13(14)15/h2-4H,5H2,1H3. The van der Waals surface area contributed by atoms with Crippen LogP contribution in [0.1, 0.15) is 12.5 Å². The molecular formula is C9H8FN3O2. The summed E-state index contributed by atoms with van der Waals surface area (Å²) < 4.78 is 12.8. The maximum atomic E-state index is 12.8. The first kappa shape index (κ1) is 9.70. The third kappa shape index (κ3) is 1.98. The lowest BCUT2D eigenvalue weighted by molar-refractivity contribution is -0.385. The molecule has 0 atom stereocenters. The van der Waals surface area contributed by atoms with Crippen LogP contribution in [0.15, 0.2) is 28.4 Å². The van der Waals surface area contributed by atoms with E-state index < -0.39 is 16.4 Å². The van der Waals surface area contributed by atoms with Crippen molar-refractivity contribution in [3.8, 4) is 0 Å². The molecule has 0 aliphatic carbocycles. The molecule has 0 saturated heterocycles. The molecule has 0 amide bonds. The zero-order valence-corrected chi connectivity index (χ0v) is 7.98. The molecule has 78 valence electrons. The lowest BCUT2D eigenvalue weighted by Gasteiger charge is -2.04. The number of nitrogens with zero attached hydrogens (tertiary/aromatic N) is 3. The molecule has 1 aromatic rings. The number of rotatable bonds is 3. The van der Waals surface area contributed by atoms with E-state index in [2.05, 4.69) is 10.2 Å². The van der Waals surface area contributed by atoms with Gasteiger partial charge in [-0.1, -0.05) is 0 Å². The van der Waals surface area contributed by atoms with Gasteiger partial charge in [0.1, 0.15) is 5.82 Å². The van der Waals surface area contributed by atoms with E-state index in [0.717, 1.165) is 6.07 Å². The van der Waals surface area contributed by atoms with E-state index in [0.29, 0.717) is 12.0 Å². The molecule has 0 spiro atoms. The first-order valence-electron chi connectivity index (χ1n) is 4.37. The lowest BCUT2D eigenvalue weighted by Crippen LogP contribution is -2.10. The Labute approximate surface area is 84.8 Å². The third-order valence-electron chi connectivity index (χ3n) is 2.21. The van der Waals surface area contributed by atoms with E-state index in [1.807, 2.05) is 0 Å². The van der Waals surface area contributed by atoms with Crippen LogP contribution in [0, 0.1) is 15.9 Å². The highest BCUT2D eigenvalue weighted by Crippen LogP contribution is 2.34. The Morgan fingerprint density at radius 3 is 2.73 bits per heavy atom. The summed E-state index contributed by atoms with van der Waals surface area (Å²) in [5.74, 6) is -0.611. The van der Waals surface area contributed by atoms with E-state index in [9.17, 15) is 14.5 Å². The summed E-state index contributed by atoms with van der Waals surface area (Å²) >= 11 is 0. The molecule has 0 aromatic heterocycles. The number of nitro benzene ring substituents is 1. The van der Waals surface area contributed by atoms with Gasteiger partial charge in [-0.15, -0.1) is 0 Å². The fourth-order valence-electron chi connectivity index (χ4n) is 1.37. The number of halogens is 1. The van der Waals surface area contributed by atoms with Gasteiger partial charge in [0.25, 0.3) is 5.69 Å². The molecule has 0 saturated carbocycles. The highest BCUT2D eigenvalue weighted by Gasteiger charge is 2.36. The Kier molecular flexibility index (Phi) is 1.99. The second-order valence-corrected chi connectivity index (χ2v) is 3.62. The summed E-state index contributed by atoms with van der Waals surface area (Å²) in [6.45, 7) is 1.76. The summed E-state index contributed by atoms with van der Waals surface area (Å²) in [5, 5.41) is 18.2. The van der Waals surface area contributed by atoms with E-state index in [1.165, 1.54) is 12.1 Å². The summed E-state index contributed by atoms with van der Waals surface area (Å²) in [7, 11) is 0. The van der Waals surface area contributed by atoms with Gasteiger partial charge >= 0.3 is 0 Å². The number of nitro groups is 1. The smallest absolute Gasteiger partial charge is 0.258 e. The normalized spacial score (nSPS) is 16.4. The SMILES string of the molecule is CC1(Cc2ccc(F)cc2[N+](=O)[O-])N=N1. The molecule has 5 nitrogen and oxygen atoms in total. The van der Waals surface area contributed by atoms with Crippen molar-refractivity contribution in [3.05, 3.63) is 39.7 Å². The Hall–Kier alpha value is -1.85. The van der Waals surface area contributed by atoms with Gasteiger partial charge in [-0.2, -0.15) is 10.2 Å². The van der Waals surface area contributed by atoms with Gasteiger partial charge in [0.15, 0.2) is 5.66 Å². The molecule has 0 bridgehead atoms. The van der Waals surface area contributed by atoms with Gasteiger partial charge in [-0.3, -0.25) is 10.1 Å². The quantitative estimate of drug-likeness (QED) is 0.566. The lowest BCUT2D eigenvalue weighted by atomic mass is 10.0. The maximum Gasteiger partial charge on any atom is 0.275 e. The van der Waals surface area contributed by atoms with Crippen LogP contribution in [-0.4, -0.2) is 10.6 Å². The van der Waals surface area contributed by atoms with E-state index in [-0.39, 0.29) is 5.69 Å². The van der Waals surface area contributed by atoms with Crippen molar-refractivity contribution in [2.45, 2.75) is 19.0 Å². The third-order valence-corrected chi connectivity index (χ3v) is 2.21. The molecule has 1 aliphatic rings. The Morgan fingerprint density at radius 2 is 2.20 bits per heavy atom. The second-order valence-electron chi connectivity index (χ2n) is 3.62. The number of benzene rings is 1. The van der Waals surface area contributed by atoms with Crippen LogP contribution in [0.2, 0.25) is 0 Å². The monoisotopic (exact) mass is 209 g/mol.